The molecule has 1 amide bonds. The number of aromatic nitrogens is 2. The number of hydrogen-bond acceptors (Lipinski definition) is 6. The molecule has 3 rings (SSSR count). The Hall–Kier alpha value is -3.02. The van der Waals surface area contributed by atoms with Gasteiger partial charge < -0.3 is 10.4 Å². The van der Waals surface area contributed by atoms with Crippen LogP contribution in [-0.2, 0) is 10.0 Å². The highest BCUT2D eigenvalue weighted by atomic mass is 79.9. The number of rotatable bonds is 4. The Morgan fingerprint density at radius 1 is 1.11 bits per heavy atom. The van der Waals surface area contributed by atoms with Crippen LogP contribution in [0, 0.1) is 0 Å². The first-order valence-corrected chi connectivity index (χ1v) is 10.0. The van der Waals surface area contributed by atoms with Crippen molar-refractivity contribution in [2.45, 2.75) is 4.90 Å². The largest absolute Gasteiger partial charge is 0.505 e. The van der Waals surface area contributed by atoms with E-state index in [1.54, 1.807) is 24.3 Å². The van der Waals surface area contributed by atoms with Crippen LogP contribution in [0.3, 0.4) is 0 Å². The van der Waals surface area contributed by atoms with Gasteiger partial charge in [0.15, 0.2) is 11.4 Å². The Morgan fingerprint density at radius 2 is 1.71 bits per heavy atom. The van der Waals surface area contributed by atoms with Gasteiger partial charge in [0.1, 0.15) is 0 Å². The predicted molar refractivity (Wildman–Crippen MR) is 105 cm³/mol. The smallest absolute Gasteiger partial charge is 0.279 e. The van der Waals surface area contributed by atoms with E-state index in [2.05, 4.69) is 26.3 Å². The summed E-state index contributed by atoms with van der Waals surface area (Å²) in [5.74, 6) is -1.37. The first-order valence-electron chi connectivity index (χ1n) is 7.68. The quantitative estimate of drug-likeness (QED) is 0.534. The molecule has 1 heterocycles. The number of halogens is 1. The van der Waals surface area contributed by atoms with Crippen LogP contribution in [0.2, 0.25) is 0 Å². The number of carbonyl (C=O) groups excluding carboxylic acids is 1. The minimum absolute atomic E-state index is 0.116. The maximum atomic E-state index is 12.5. The van der Waals surface area contributed by atoms with Crippen LogP contribution in [0.4, 0.5) is 5.69 Å². The molecule has 2 aromatic carbocycles. The molecule has 0 saturated heterocycles. The maximum Gasteiger partial charge on any atom is 0.279 e. The molecule has 0 aliphatic carbocycles. The number of amides is 1. The molecular formula is C17H13BrN4O5S. The third-order valence-electron chi connectivity index (χ3n) is 3.64. The molecule has 0 spiro atoms. The van der Waals surface area contributed by atoms with Crippen molar-refractivity contribution in [1.29, 1.82) is 0 Å². The Kier molecular flexibility index (Phi) is 5.31. The zero-order valence-corrected chi connectivity index (χ0v) is 16.4. The predicted octanol–water partition coefficient (Wildman–Crippen LogP) is 1.60. The van der Waals surface area contributed by atoms with E-state index in [1.807, 2.05) is 0 Å². The molecular weight excluding hydrogens is 452 g/mol. The van der Waals surface area contributed by atoms with Crippen molar-refractivity contribution in [3.8, 4) is 11.4 Å². The molecule has 0 unspecified atom stereocenters. The van der Waals surface area contributed by atoms with Crippen LogP contribution in [0.25, 0.3) is 5.69 Å². The molecule has 144 valence electrons. The van der Waals surface area contributed by atoms with E-state index < -0.39 is 27.2 Å². The third-order valence-corrected chi connectivity index (χ3v) is 5.10. The number of nitrogens with two attached hydrogens (primary N) is 1. The van der Waals surface area contributed by atoms with Gasteiger partial charge in [-0.2, -0.15) is 9.78 Å². The fourth-order valence-corrected chi connectivity index (χ4v) is 3.07. The average Bonchev–Trinajstić information content (AvgIpc) is 2.62. The minimum Gasteiger partial charge on any atom is -0.505 e. The lowest BCUT2D eigenvalue weighted by Crippen LogP contribution is -2.25. The zero-order valence-electron chi connectivity index (χ0n) is 14.0. The Bertz CT molecular complexity index is 1210. The molecule has 0 aliphatic rings. The Morgan fingerprint density at radius 3 is 2.29 bits per heavy atom. The summed E-state index contributed by atoms with van der Waals surface area (Å²) in [6.07, 6.45) is 0. The lowest BCUT2D eigenvalue weighted by Gasteiger charge is -2.10. The summed E-state index contributed by atoms with van der Waals surface area (Å²) in [6.45, 7) is 0. The van der Waals surface area contributed by atoms with Crippen LogP contribution in [0.1, 0.15) is 10.5 Å². The highest BCUT2D eigenvalue weighted by Gasteiger charge is 2.17. The highest BCUT2D eigenvalue weighted by molar-refractivity contribution is 9.10. The van der Waals surface area contributed by atoms with Gasteiger partial charge in [-0.05, 0) is 48.5 Å². The summed E-state index contributed by atoms with van der Waals surface area (Å²) in [4.78, 5) is 24.5. The summed E-state index contributed by atoms with van der Waals surface area (Å²) in [5, 5.41) is 21.4. The molecule has 4 N–H and O–H groups in total. The summed E-state index contributed by atoms with van der Waals surface area (Å²) in [5.41, 5.74) is -0.341. The van der Waals surface area contributed by atoms with Gasteiger partial charge in [-0.15, -0.1) is 0 Å². The van der Waals surface area contributed by atoms with Crippen LogP contribution in [-0.4, -0.2) is 29.2 Å². The molecule has 28 heavy (non-hydrogen) atoms. The summed E-state index contributed by atoms with van der Waals surface area (Å²) in [6, 6.07) is 12.6. The minimum atomic E-state index is -3.86. The summed E-state index contributed by atoms with van der Waals surface area (Å²) >= 11 is 3.28. The van der Waals surface area contributed by atoms with Crippen molar-refractivity contribution >= 4 is 37.5 Å². The van der Waals surface area contributed by atoms with Gasteiger partial charge in [0.2, 0.25) is 10.0 Å². The zero-order chi connectivity index (χ0) is 20.5. The van der Waals surface area contributed by atoms with Crippen LogP contribution >= 0.6 is 15.9 Å². The second kappa shape index (κ2) is 7.54. The number of nitrogens with zero attached hydrogens (tertiary/aromatic N) is 2. The van der Waals surface area contributed by atoms with Crippen LogP contribution in [0.15, 0.2) is 68.8 Å². The summed E-state index contributed by atoms with van der Waals surface area (Å²) < 4.78 is 24.3. The van der Waals surface area contributed by atoms with Gasteiger partial charge in [0.05, 0.1) is 10.6 Å². The molecule has 0 fully saturated rings. The van der Waals surface area contributed by atoms with E-state index in [0.29, 0.717) is 5.69 Å². The number of benzene rings is 2. The number of sulfonamides is 1. The van der Waals surface area contributed by atoms with E-state index in [-0.39, 0.29) is 16.3 Å². The lowest BCUT2D eigenvalue weighted by molar-refractivity contribution is 0.101. The third kappa shape index (κ3) is 4.27. The number of nitrogens with one attached hydrogen (secondary N) is 1. The molecule has 0 atom stereocenters. The van der Waals surface area contributed by atoms with Gasteiger partial charge in [0, 0.05) is 16.2 Å². The SMILES string of the molecule is NS(=O)(=O)c1ccc(NC(=O)c2nn(-c3ccc(Br)cc3)c(=O)cc2O)cc1. The van der Waals surface area contributed by atoms with Crippen LogP contribution < -0.4 is 16.0 Å². The number of carbonyl (C=O) groups is 1. The van der Waals surface area contributed by atoms with E-state index >= 15 is 0 Å². The first kappa shape index (κ1) is 19.7. The van der Waals surface area contributed by atoms with Crippen molar-refractivity contribution in [2.24, 2.45) is 5.14 Å². The topological polar surface area (TPSA) is 144 Å². The average molecular weight is 465 g/mol. The van der Waals surface area contributed by atoms with Crippen molar-refractivity contribution in [2.75, 3.05) is 5.32 Å². The number of anilines is 1. The van der Waals surface area contributed by atoms with E-state index in [0.717, 1.165) is 15.2 Å². The second-order valence-electron chi connectivity index (χ2n) is 5.63. The molecule has 9 nitrogen and oxygen atoms in total. The van der Waals surface area contributed by atoms with Gasteiger partial charge in [-0.25, -0.2) is 13.6 Å². The van der Waals surface area contributed by atoms with Crippen molar-refractivity contribution < 1.29 is 18.3 Å². The summed E-state index contributed by atoms with van der Waals surface area (Å²) in [7, 11) is -3.86. The molecule has 0 bridgehead atoms. The number of aromatic hydroxyl groups is 1. The van der Waals surface area contributed by atoms with Gasteiger partial charge in [-0.3, -0.25) is 9.59 Å². The van der Waals surface area contributed by atoms with Crippen molar-refractivity contribution in [3.05, 3.63) is 75.1 Å². The maximum absolute atomic E-state index is 12.5. The Balaban J connectivity index is 1.92. The highest BCUT2D eigenvalue weighted by Crippen LogP contribution is 2.18. The second-order valence-corrected chi connectivity index (χ2v) is 8.11. The van der Waals surface area contributed by atoms with Gasteiger partial charge in [0.25, 0.3) is 11.5 Å². The van der Waals surface area contributed by atoms with Crippen molar-refractivity contribution in [3.63, 3.8) is 0 Å². The van der Waals surface area contributed by atoms with E-state index in [9.17, 15) is 23.1 Å². The van der Waals surface area contributed by atoms with Gasteiger partial charge >= 0.3 is 0 Å². The fraction of sp³-hybridized carbons (Fsp3) is 0. The molecule has 0 aliphatic heterocycles. The monoisotopic (exact) mass is 464 g/mol. The van der Waals surface area contributed by atoms with E-state index in [4.69, 9.17) is 5.14 Å². The molecule has 1 aromatic heterocycles. The van der Waals surface area contributed by atoms with Gasteiger partial charge in [-0.1, -0.05) is 15.9 Å². The molecule has 11 heteroatoms. The Labute approximate surface area is 167 Å². The molecule has 3 aromatic rings. The standard InChI is InChI=1S/C17H13BrN4O5S/c18-10-1-5-12(6-2-10)22-15(24)9-14(23)16(21-22)17(25)20-11-3-7-13(8-4-11)28(19,26)27/h1-9,23H,(H,20,25)(H2,19,26,27). The van der Waals surface area contributed by atoms with Crippen LogP contribution in [0.5, 0.6) is 5.75 Å². The normalized spacial score (nSPS) is 11.2. The molecule has 0 saturated carbocycles. The number of hydrogen-bond donors (Lipinski definition) is 3. The first-order chi connectivity index (χ1) is 13.1. The lowest BCUT2D eigenvalue weighted by atomic mass is 10.2. The molecule has 0 radical (unpaired) electrons. The number of primary sulfonamides is 1. The fourth-order valence-electron chi connectivity index (χ4n) is 2.29. The van der Waals surface area contributed by atoms with E-state index in [1.165, 1.54) is 24.3 Å². The van der Waals surface area contributed by atoms with Crippen molar-refractivity contribution in [1.82, 2.24) is 9.78 Å².